The predicted molar refractivity (Wildman–Crippen MR) is 61.5 cm³/mol. The Morgan fingerprint density at radius 3 is 2.75 bits per heavy atom. The molecule has 0 spiro atoms. The Labute approximate surface area is 93.9 Å². The van der Waals surface area contributed by atoms with Gasteiger partial charge in [-0.2, -0.15) is 0 Å². The molecule has 0 bridgehead atoms. The summed E-state index contributed by atoms with van der Waals surface area (Å²) in [5.41, 5.74) is 1.37. The van der Waals surface area contributed by atoms with Crippen LogP contribution in [0, 0.1) is 4.91 Å². The van der Waals surface area contributed by atoms with Crippen LogP contribution in [0.15, 0.2) is 23.4 Å². The zero-order valence-corrected chi connectivity index (χ0v) is 9.18. The van der Waals surface area contributed by atoms with Gasteiger partial charge in [-0.15, -0.1) is 4.91 Å². The second-order valence-electron chi connectivity index (χ2n) is 3.55. The molecule has 0 unspecified atom stereocenters. The van der Waals surface area contributed by atoms with Crippen molar-refractivity contribution in [3.05, 3.63) is 23.1 Å². The van der Waals surface area contributed by atoms with Crippen molar-refractivity contribution in [3.63, 3.8) is 0 Å². The van der Waals surface area contributed by atoms with Gasteiger partial charge in [0.05, 0.1) is 20.3 Å². The third-order valence-electron chi connectivity index (χ3n) is 2.64. The van der Waals surface area contributed by atoms with Crippen LogP contribution in [-0.4, -0.2) is 33.4 Å². The lowest BCUT2D eigenvalue weighted by Gasteiger charge is -2.29. The Morgan fingerprint density at radius 1 is 1.38 bits per heavy atom. The first-order chi connectivity index (χ1) is 7.85. The number of methoxy groups -OCH3 is 1. The first-order valence-electron chi connectivity index (χ1n) is 5.19. The summed E-state index contributed by atoms with van der Waals surface area (Å²) >= 11 is 0. The molecule has 1 heterocycles. The molecule has 0 radical (unpaired) electrons. The summed E-state index contributed by atoms with van der Waals surface area (Å²) in [5.74, 6) is 0.513. The molecule has 1 aliphatic heterocycles. The third kappa shape index (κ3) is 2.14. The Bertz CT molecular complexity index is 375. The van der Waals surface area contributed by atoms with Gasteiger partial charge >= 0.3 is 0 Å². The van der Waals surface area contributed by atoms with Crippen LogP contribution < -0.4 is 9.64 Å². The number of nitrogens with zero attached hydrogens (tertiary/aromatic N) is 2. The second kappa shape index (κ2) is 4.94. The Balaban J connectivity index is 2.24. The number of anilines is 1. The molecule has 0 N–H and O–H groups in total. The zero-order chi connectivity index (χ0) is 11.4. The maximum absolute atomic E-state index is 10.5. The van der Waals surface area contributed by atoms with E-state index in [1.165, 1.54) is 7.11 Å². The van der Waals surface area contributed by atoms with Crippen molar-refractivity contribution in [2.24, 2.45) is 5.18 Å². The van der Waals surface area contributed by atoms with Crippen molar-refractivity contribution in [2.45, 2.75) is 0 Å². The van der Waals surface area contributed by atoms with E-state index < -0.39 is 0 Å². The van der Waals surface area contributed by atoms with Crippen LogP contribution in [0.1, 0.15) is 0 Å². The van der Waals surface area contributed by atoms with E-state index in [1.807, 2.05) is 12.1 Å². The molecule has 5 nitrogen and oxygen atoms in total. The van der Waals surface area contributed by atoms with Crippen molar-refractivity contribution in [1.82, 2.24) is 0 Å². The van der Waals surface area contributed by atoms with Gasteiger partial charge in [-0.05, 0) is 17.3 Å². The van der Waals surface area contributed by atoms with Crippen LogP contribution in [-0.2, 0) is 4.74 Å². The van der Waals surface area contributed by atoms with Crippen LogP contribution in [0.25, 0.3) is 0 Å². The summed E-state index contributed by atoms with van der Waals surface area (Å²) in [6.07, 6.45) is 0. The summed E-state index contributed by atoms with van der Waals surface area (Å²) in [4.78, 5) is 12.7. The Hall–Kier alpha value is -1.62. The molecule has 0 saturated carbocycles. The molecule has 1 fully saturated rings. The average Bonchev–Trinajstić information content (AvgIpc) is 2.39. The number of nitroso groups, excluding NO2 is 1. The van der Waals surface area contributed by atoms with Gasteiger partial charge < -0.3 is 14.4 Å². The van der Waals surface area contributed by atoms with Gasteiger partial charge in [0.2, 0.25) is 0 Å². The molecule has 1 aliphatic rings. The van der Waals surface area contributed by atoms with Gasteiger partial charge in [0.1, 0.15) is 11.4 Å². The number of hydrogen-bond acceptors (Lipinski definition) is 5. The Morgan fingerprint density at radius 2 is 2.12 bits per heavy atom. The number of rotatable bonds is 3. The lowest BCUT2D eigenvalue weighted by Crippen LogP contribution is -2.36. The average molecular weight is 222 g/mol. The number of morpholine rings is 1. The molecule has 1 aromatic carbocycles. The minimum Gasteiger partial charge on any atom is -0.494 e. The fourth-order valence-corrected chi connectivity index (χ4v) is 1.76. The monoisotopic (exact) mass is 222 g/mol. The van der Waals surface area contributed by atoms with E-state index in [1.54, 1.807) is 6.07 Å². The maximum Gasteiger partial charge on any atom is 0.150 e. The highest BCUT2D eigenvalue weighted by Gasteiger charge is 2.13. The van der Waals surface area contributed by atoms with E-state index in [0.717, 1.165) is 32.0 Å². The number of ether oxygens (including phenoxy) is 2. The third-order valence-corrected chi connectivity index (χ3v) is 2.64. The molecule has 16 heavy (non-hydrogen) atoms. The van der Waals surface area contributed by atoms with Crippen LogP contribution in [0.3, 0.4) is 0 Å². The van der Waals surface area contributed by atoms with Gasteiger partial charge in [0.25, 0.3) is 0 Å². The lowest BCUT2D eigenvalue weighted by atomic mass is 10.2. The van der Waals surface area contributed by atoms with E-state index >= 15 is 0 Å². The molecule has 1 aromatic rings. The molecule has 0 amide bonds. The van der Waals surface area contributed by atoms with Crippen LogP contribution in [0.5, 0.6) is 5.75 Å². The standard InChI is InChI=1S/C11H14N2O3/c1-15-11-8-9(2-3-10(11)12-14)13-4-6-16-7-5-13/h2-3,8H,4-7H2,1H3. The molecular weight excluding hydrogens is 208 g/mol. The van der Waals surface area contributed by atoms with Gasteiger partial charge in [0.15, 0.2) is 0 Å². The maximum atomic E-state index is 10.5. The summed E-state index contributed by atoms with van der Waals surface area (Å²) in [6, 6.07) is 5.39. The molecule has 86 valence electrons. The van der Waals surface area contributed by atoms with Crippen molar-refractivity contribution in [2.75, 3.05) is 38.3 Å². The van der Waals surface area contributed by atoms with Crippen LogP contribution in [0.4, 0.5) is 11.4 Å². The summed E-state index contributed by atoms with van der Waals surface area (Å²) in [6.45, 7) is 3.18. The highest BCUT2D eigenvalue weighted by Crippen LogP contribution is 2.31. The van der Waals surface area contributed by atoms with E-state index in [2.05, 4.69) is 10.1 Å². The fraction of sp³-hybridized carbons (Fsp3) is 0.455. The fourth-order valence-electron chi connectivity index (χ4n) is 1.76. The summed E-state index contributed by atoms with van der Waals surface area (Å²) in [5, 5.41) is 2.91. The quantitative estimate of drug-likeness (QED) is 0.733. The van der Waals surface area contributed by atoms with Crippen LogP contribution in [0.2, 0.25) is 0 Å². The van der Waals surface area contributed by atoms with Crippen molar-refractivity contribution >= 4 is 11.4 Å². The Kier molecular flexibility index (Phi) is 3.36. The molecule has 0 aromatic heterocycles. The first kappa shape index (κ1) is 10.9. The van der Waals surface area contributed by atoms with Gasteiger partial charge in [-0.1, -0.05) is 0 Å². The minimum absolute atomic E-state index is 0.333. The predicted octanol–water partition coefficient (Wildman–Crippen LogP) is 1.93. The second-order valence-corrected chi connectivity index (χ2v) is 3.55. The van der Waals surface area contributed by atoms with E-state index in [4.69, 9.17) is 9.47 Å². The summed E-state index contributed by atoms with van der Waals surface area (Å²) in [7, 11) is 1.53. The SMILES string of the molecule is COc1cc(N2CCOCC2)ccc1N=O. The largest absolute Gasteiger partial charge is 0.494 e. The molecular formula is C11H14N2O3. The van der Waals surface area contributed by atoms with Gasteiger partial charge in [-0.25, -0.2) is 0 Å². The van der Waals surface area contributed by atoms with Crippen molar-refractivity contribution in [1.29, 1.82) is 0 Å². The smallest absolute Gasteiger partial charge is 0.150 e. The topological polar surface area (TPSA) is 51.1 Å². The lowest BCUT2D eigenvalue weighted by molar-refractivity contribution is 0.122. The molecule has 0 aliphatic carbocycles. The summed E-state index contributed by atoms with van der Waals surface area (Å²) < 4.78 is 10.4. The highest BCUT2D eigenvalue weighted by atomic mass is 16.5. The highest BCUT2D eigenvalue weighted by molar-refractivity contribution is 5.61. The van der Waals surface area contributed by atoms with Crippen molar-refractivity contribution < 1.29 is 9.47 Å². The zero-order valence-electron chi connectivity index (χ0n) is 9.18. The number of benzene rings is 1. The van der Waals surface area contributed by atoms with Gasteiger partial charge in [-0.3, -0.25) is 0 Å². The molecule has 5 heteroatoms. The molecule has 0 atom stereocenters. The minimum atomic E-state index is 0.333. The first-order valence-corrected chi connectivity index (χ1v) is 5.19. The van der Waals surface area contributed by atoms with E-state index in [-0.39, 0.29) is 0 Å². The van der Waals surface area contributed by atoms with Gasteiger partial charge in [0, 0.05) is 24.8 Å². The number of hydrogen-bond donors (Lipinski definition) is 0. The van der Waals surface area contributed by atoms with Crippen LogP contribution >= 0.6 is 0 Å². The molecule has 2 rings (SSSR count). The molecule has 1 saturated heterocycles. The van der Waals surface area contributed by atoms with E-state index in [0.29, 0.717) is 11.4 Å². The van der Waals surface area contributed by atoms with E-state index in [9.17, 15) is 4.91 Å². The normalized spacial score (nSPS) is 15.9. The van der Waals surface area contributed by atoms with Crippen molar-refractivity contribution in [3.8, 4) is 5.75 Å².